The molecule has 1 aliphatic heterocycles. The average molecular weight is 405 g/mol. The van der Waals surface area contributed by atoms with Gasteiger partial charge in [-0.1, -0.05) is 30.4 Å². The predicted octanol–water partition coefficient (Wildman–Crippen LogP) is 3.03. The van der Waals surface area contributed by atoms with E-state index >= 15 is 0 Å². The molecule has 2 fully saturated rings. The van der Waals surface area contributed by atoms with Crippen LogP contribution in [0, 0.1) is 17.8 Å². The summed E-state index contributed by atoms with van der Waals surface area (Å²) in [4.78, 5) is 10.7. The lowest BCUT2D eigenvalue weighted by Gasteiger charge is -2.21. The van der Waals surface area contributed by atoms with Gasteiger partial charge < -0.3 is 24.8 Å². The van der Waals surface area contributed by atoms with Gasteiger partial charge in [0.05, 0.1) is 12.2 Å². The molecule has 0 radical (unpaired) electrons. The highest BCUT2D eigenvalue weighted by molar-refractivity contribution is 5.66. The minimum atomic E-state index is -0.750. The van der Waals surface area contributed by atoms with E-state index in [1.165, 1.54) is 0 Å². The van der Waals surface area contributed by atoms with Crippen LogP contribution in [0.2, 0.25) is 0 Å². The van der Waals surface area contributed by atoms with Crippen molar-refractivity contribution >= 4 is 5.97 Å². The zero-order valence-electron chi connectivity index (χ0n) is 16.7. The summed E-state index contributed by atoms with van der Waals surface area (Å²) in [5.74, 6) is 0.537. The smallest absolute Gasteiger partial charge is 0.303 e. The van der Waals surface area contributed by atoms with Gasteiger partial charge in [0.25, 0.3) is 0 Å². The Morgan fingerprint density at radius 1 is 1.28 bits per heavy atom. The highest BCUT2D eigenvalue weighted by Gasteiger charge is 2.43. The van der Waals surface area contributed by atoms with Crippen molar-refractivity contribution in [2.24, 2.45) is 17.8 Å². The van der Waals surface area contributed by atoms with Crippen LogP contribution in [-0.4, -0.2) is 52.8 Å². The normalized spacial score (nSPS) is 30.6. The first kappa shape index (κ1) is 21.8. The van der Waals surface area contributed by atoms with E-state index in [4.69, 9.17) is 14.6 Å². The lowest BCUT2D eigenvalue weighted by Crippen LogP contribution is -2.22. The second kappa shape index (κ2) is 10.8. The number of benzene rings is 1. The fourth-order valence-electron chi connectivity index (χ4n) is 4.50. The molecule has 0 unspecified atom stereocenters. The zero-order valence-corrected chi connectivity index (χ0v) is 16.7. The van der Waals surface area contributed by atoms with Gasteiger partial charge in [0.2, 0.25) is 0 Å². The first-order valence-electron chi connectivity index (χ1n) is 10.6. The van der Waals surface area contributed by atoms with Gasteiger partial charge >= 0.3 is 5.97 Å². The summed E-state index contributed by atoms with van der Waals surface area (Å²) in [6, 6.07) is 9.36. The highest BCUT2D eigenvalue weighted by atomic mass is 16.5. The van der Waals surface area contributed by atoms with Gasteiger partial charge in [-0.15, -0.1) is 0 Å². The van der Waals surface area contributed by atoms with Crippen LogP contribution in [0.1, 0.15) is 38.5 Å². The van der Waals surface area contributed by atoms with Crippen molar-refractivity contribution in [2.45, 2.75) is 56.8 Å². The molecule has 3 rings (SSSR count). The first-order valence-corrected chi connectivity index (χ1v) is 10.6. The third kappa shape index (κ3) is 6.56. The highest BCUT2D eigenvalue weighted by Crippen LogP contribution is 2.42. The maximum Gasteiger partial charge on any atom is 0.303 e. The molecule has 6 atom stereocenters. The van der Waals surface area contributed by atoms with E-state index in [-0.39, 0.29) is 31.0 Å². The molecule has 29 heavy (non-hydrogen) atoms. The fraction of sp³-hybridized carbons (Fsp3) is 0.609. The van der Waals surface area contributed by atoms with Crippen LogP contribution in [0.5, 0.6) is 5.75 Å². The van der Waals surface area contributed by atoms with Crippen molar-refractivity contribution in [2.75, 3.05) is 13.2 Å². The quantitative estimate of drug-likeness (QED) is 0.548. The Hall–Kier alpha value is -1.89. The Morgan fingerprint density at radius 3 is 2.83 bits per heavy atom. The summed E-state index contributed by atoms with van der Waals surface area (Å²) in [5.41, 5.74) is 0. The number of hydrogen-bond donors (Lipinski definition) is 3. The molecule has 6 heteroatoms. The number of carbonyl (C=O) groups is 1. The summed E-state index contributed by atoms with van der Waals surface area (Å²) < 4.78 is 11.7. The van der Waals surface area contributed by atoms with E-state index < -0.39 is 18.2 Å². The SMILES string of the molecule is O=C(O)CCC[C@H]1CC[C@@H]2[C@@H](/C=C/[C@@H](O)COc3ccccc3)[C@H](O)C[C@@H]2OC1. The number of aliphatic hydroxyl groups excluding tert-OH is 2. The van der Waals surface area contributed by atoms with Crippen LogP contribution in [0.4, 0.5) is 0 Å². The number of carboxylic acids is 1. The Morgan fingerprint density at radius 2 is 2.07 bits per heavy atom. The molecule has 0 spiro atoms. The number of carboxylic acid groups (broad SMARTS) is 1. The van der Waals surface area contributed by atoms with E-state index in [1.807, 2.05) is 36.4 Å². The van der Waals surface area contributed by atoms with E-state index in [1.54, 1.807) is 6.08 Å². The minimum absolute atomic E-state index is 0.0295. The molecule has 3 N–H and O–H groups in total. The third-order valence-corrected chi connectivity index (χ3v) is 6.07. The Bertz CT molecular complexity index is 661. The molecule has 1 saturated carbocycles. The molecule has 160 valence electrons. The van der Waals surface area contributed by atoms with Crippen molar-refractivity contribution in [3.05, 3.63) is 42.5 Å². The van der Waals surface area contributed by atoms with Gasteiger partial charge in [0.15, 0.2) is 0 Å². The average Bonchev–Trinajstić information content (AvgIpc) is 2.87. The molecular weight excluding hydrogens is 372 g/mol. The monoisotopic (exact) mass is 404 g/mol. The molecule has 6 nitrogen and oxygen atoms in total. The number of para-hydroxylation sites is 1. The van der Waals surface area contributed by atoms with E-state index in [0.29, 0.717) is 31.1 Å². The number of aliphatic hydroxyl groups is 2. The van der Waals surface area contributed by atoms with Gasteiger partial charge in [-0.3, -0.25) is 4.79 Å². The molecule has 1 heterocycles. The zero-order chi connectivity index (χ0) is 20.6. The molecule has 1 aromatic carbocycles. The standard InChI is InChI=1S/C23H32O6/c24-17(15-28-18-6-2-1-3-7-18)10-12-19-20-11-9-16(5-4-8-23(26)27)14-29-22(20)13-21(19)25/h1-3,6-7,10,12,16-17,19-22,24-25H,4-5,8-9,11,13-15H2,(H,26,27)/b12-10+/t16-,17+,19+,20+,21+,22-/m0/s1. The fourth-order valence-corrected chi connectivity index (χ4v) is 4.50. The van der Waals surface area contributed by atoms with Crippen LogP contribution in [-0.2, 0) is 9.53 Å². The minimum Gasteiger partial charge on any atom is -0.491 e. The van der Waals surface area contributed by atoms with Crippen molar-refractivity contribution in [1.82, 2.24) is 0 Å². The second-order valence-corrected chi connectivity index (χ2v) is 8.22. The Labute approximate surface area is 172 Å². The van der Waals surface area contributed by atoms with Gasteiger partial charge in [-0.05, 0) is 49.7 Å². The lowest BCUT2D eigenvalue weighted by atomic mass is 9.86. The van der Waals surface area contributed by atoms with Gasteiger partial charge in [-0.25, -0.2) is 0 Å². The molecule has 1 aromatic rings. The summed E-state index contributed by atoms with van der Waals surface area (Å²) in [6.07, 6.45) is 6.75. The predicted molar refractivity (Wildman–Crippen MR) is 109 cm³/mol. The number of rotatable bonds is 9. The maximum atomic E-state index is 10.7. The largest absolute Gasteiger partial charge is 0.491 e. The summed E-state index contributed by atoms with van der Waals surface area (Å²) in [7, 11) is 0. The van der Waals surface area contributed by atoms with Gasteiger partial charge in [0, 0.05) is 25.4 Å². The molecule has 0 amide bonds. The third-order valence-electron chi connectivity index (χ3n) is 6.07. The van der Waals surface area contributed by atoms with Crippen LogP contribution in [0.25, 0.3) is 0 Å². The van der Waals surface area contributed by atoms with Crippen LogP contribution >= 0.6 is 0 Å². The molecule has 0 bridgehead atoms. The van der Waals surface area contributed by atoms with Crippen molar-refractivity contribution in [1.29, 1.82) is 0 Å². The summed E-state index contributed by atoms with van der Waals surface area (Å²) >= 11 is 0. The number of ether oxygens (including phenoxy) is 2. The number of fused-ring (bicyclic) bond motifs is 1. The van der Waals surface area contributed by atoms with E-state index in [2.05, 4.69) is 0 Å². The second-order valence-electron chi connectivity index (χ2n) is 8.22. The molecule has 0 aromatic heterocycles. The topological polar surface area (TPSA) is 96.2 Å². The van der Waals surface area contributed by atoms with E-state index in [9.17, 15) is 15.0 Å². The van der Waals surface area contributed by atoms with Crippen LogP contribution < -0.4 is 4.74 Å². The van der Waals surface area contributed by atoms with E-state index in [0.717, 1.165) is 19.3 Å². The molecule has 1 aliphatic carbocycles. The molecule has 1 saturated heterocycles. The van der Waals surface area contributed by atoms with Crippen LogP contribution in [0.15, 0.2) is 42.5 Å². The van der Waals surface area contributed by atoms with Crippen molar-refractivity contribution in [3.8, 4) is 5.75 Å². The Kier molecular flexibility index (Phi) is 8.09. The Balaban J connectivity index is 1.49. The summed E-state index contributed by atoms with van der Waals surface area (Å²) in [5, 5.41) is 29.5. The van der Waals surface area contributed by atoms with Crippen molar-refractivity contribution < 1.29 is 29.6 Å². The van der Waals surface area contributed by atoms with Crippen LogP contribution in [0.3, 0.4) is 0 Å². The molecule has 2 aliphatic rings. The molecular formula is C23H32O6. The number of hydrogen-bond acceptors (Lipinski definition) is 5. The summed E-state index contributed by atoms with van der Waals surface area (Å²) in [6.45, 7) is 0.803. The van der Waals surface area contributed by atoms with Gasteiger partial charge in [-0.2, -0.15) is 0 Å². The maximum absolute atomic E-state index is 10.7. The first-order chi connectivity index (χ1) is 14.0. The van der Waals surface area contributed by atoms with Gasteiger partial charge in [0.1, 0.15) is 18.5 Å². The lowest BCUT2D eigenvalue weighted by molar-refractivity contribution is -0.137. The number of aliphatic carboxylic acids is 1. The van der Waals surface area contributed by atoms with Crippen molar-refractivity contribution in [3.63, 3.8) is 0 Å².